The molecule has 16 heavy (non-hydrogen) atoms. The minimum atomic E-state index is -1.13. The first-order valence-electron chi connectivity index (χ1n) is 5.01. The van der Waals surface area contributed by atoms with Gasteiger partial charge >= 0.3 is 5.97 Å². The molecule has 0 radical (unpaired) electrons. The van der Waals surface area contributed by atoms with Gasteiger partial charge in [-0.15, -0.1) is 0 Å². The lowest BCUT2D eigenvalue weighted by atomic mass is 10.2. The average molecular weight is 222 g/mol. The van der Waals surface area contributed by atoms with Crippen molar-refractivity contribution < 1.29 is 14.7 Å². The summed E-state index contributed by atoms with van der Waals surface area (Å²) in [5, 5.41) is 8.75. The van der Waals surface area contributed by atoms with Gasteiger partial charge in [0.05, 0.1) is 0 Å². The summed E-state index contributed by atoms with van der Waals surface area (Å²) in [4.78, 5) is 27.7. The molecule has 0 atom stereocenters. The van der Waals surface area contributed by atoms with Gasteiger partial charge in [-0.1, -0.05) is 6.92 Å². The van der Waals surface area contributed by atoms with Crippen LogP contribution in [0, 0.1) is 0 Å². The van der Waals surface area contributed by atoms with E-state index < -0.39 is 5.97 Å². The van der Waals surface area contributed by atoms with Crippen LogP contribution in [0.2, 0.25) is 0 Å². The van der Waals surface area contributed by atoms with Gasteiger partial charge in [-0.25, -0.2) is 9.78 Å². The normalized spacial score (nSPS) is 9.88. The molecule has 1 aromatic heterocycles. The molecule has 0 aliphatic rings. The van der Waals surface area contributed by atoms with Crippen molar-refractivity contribution in [2.75, 3.05) is 13.6 Å². The Bertz CT molecular complexity index is 404. The molecule has 0 fully saturated rings. The Balaban J connectivity index is 2.91. The second-order valence-corrected chi connectivity index (χ2v) is 3.46. The summed E-state index contributed by atoms with van der Waals surface area (Å²) < 4.78 is 0. The van der Waals surface area contributed by atoms with Gasteiger partial charge in [-0.05, 0) is 18.6 Å². The van der Waals surface area contributed by atoms with Crippen LogP contribution in [0.4, 0.5) is 0 Å². The molecule has 0 saturated heterocycles. The van der Waals surface area contributed by atoms with E-state index in [9.17, 15) is 9.59 Å². The summed E-state index contributed by atoms with van der Waals surface area (Å²) in [6, 6.07) is 2.80. The van der Waals surface area contributed by atoms with E-state index in [1.165, 1.54) is 18.3 Å². The lowest BCUT2D eigenvalue weighted by Crippen LogP contribution is -2.27. The number of rotatable bonds is 4. The molecule has 0 aliphatic carbocycles. The first-order valence-corrected chi connectivity index (χ1v) is 5.01. The largest absolute Gasteiger partial charge is 0.477 e. The number of hydrogen-bond acceptors (Lipinski definition) is 3. The maximum Gasteiger partial charge on any atom is 0.354 e. The first kappa shape index (κ1) is 12.2. The van der Waals surface area contributed by atoms with Gasteiger partial charge in [-0.2, -0.15) is 0 Å². The van der Waals surface area contributed by atoms with Gasteiger partial charge in [0.15, 0.2) is 0 Å². The molecule has 1 aromatic rings. The molecule has 1 rings (SSSR count). The highest BCUT2D eigenvalue weighted by molar-refractivity contribution is 5.96. The number of pyridine rings is 1. The molecule has 0 aromatic carbocycles. The molecule has 0 saturated carbocycles. The minimum Gasteiger partial charge on any atom is -0.477 e. The molecule has 1 amide bonds. The number of aromatic carboxylic acids is 1. The van der Waals surface area contributed by atoms with Gasteiger partial charge < -0.3 is 10.0 Å². The molecule has 86 valence electrons. The van der Waals surface area contributed by atoms with Crippen LogP contribution in [0.1, 0.15) is 34.2 Å². The molecular weight excluding hydrogens is 208 g/mol. The summed E-state index contributed by atoms with van der Waals surface area (Å²) in [7, 11) is 1.69. The van der Waals surface area contributed by atoms with Crippen molar-refractivity contribution in [3.8, 4) is 0 Å². The van der Waals surface area contributed by atoms with Crippen molar-refractivity contribution in [1.82, 2.24) is 9.88 Å². The van der Waals surface area contributed by atoms with Crippen LogP contribution in [-0.4, -0.2) is 40.5 Å². The number of amides is 1. The first-order chi connectivity index (χ1) is 7.56. The van der Waals surface area contributed by atoms with Crippen molar-refractivity contribution in [3.05, 3.63) is 29.6 Å². The zero-order chi connectivity index (χ0) is 12.1. The number of hydrogen-bond donors (Lipinski definition) is 1. The van der Waals surface area contributed by atoms with Crippen LogP contribution in [0.15, 0.2) is 18.3 Å². The lowest BCUT2D eigenvalue weighted by molar-refractivity contribution is 0.0690. The topological polar surface area (TPSA) is 70.5 Å². The highest BCUT2D eigenvalue weighted by Gasteiger charge is 2.13. The second kappa shape index (κ2) is 5.25. The Morgan fingerprint density at radius 1 is 1.50 bits per heavy atom. The van der Waals surface area contributed by atoms with E-state index in [0.29, 0.717) is 12.1 Å². The zero-order valence-electron chi connectivity index (χ0n) is 9.30. The Hall–Kier alpha value is -1.91. The van der Waals surface area contributed by atoms with Crippen LogP contribution in [0.25, 0.3) is 0 Å². The third-order valence-corrected chi connectivity index (χ3v) is 2.13. The summed E-state index contributed by atoms with van der Waals surface area (Å²) in [5.41, 5.74) is 0.235. The van der Waals surface area contributed by atoms with Crippen molar-refractivity contribution in [1.29, 1.82) is 0 Å². The van der Waals surface area contributed by atoms with E-state index in [-0.39, 0.29) is 11.6 Å². The third-order valence-electron chi connectivity index (χ3n) is 2.13. The summed E-state index contributed by atoms with van der Waals surface area (Å²) in [6.45, 7) is 2.61. The van der Waals surface area contributed by atoms with Crippen molar-refractivity contribution in [2.45, 2.75) is 13.3 Å². The maximum atomic E-state index is 11.8. The van der Waals surface area contributed by atoms with E-state index in [1.807, 2.05) is 6.92 Å². The highest BCUT2D eigenvalue weighted by Crippen LogP contribution is 2.05. The SMILES string of the molecule is CCCN(C)C(=O)c1ccnc(C(=O)O)c1. The Morgan fingerprint density at radius 2 is 2.19 bits per heavy atom. The molecule has 0 aliphatic heterocycles. The number of carboxylic acid groups (broad SMARTS) is 1. The summed E-state index contributed by atoms with van der Waals surface area (Å²) >= 11 is 0. The average Bonchev–Trinajstić information content (AvgIpc) is 2.28. The monoisotopic (exact) mass is 222 g/mol. The predicted octanol–water partition coefficient (Wildman–Crippen LogP) is 1.26. The van der Waals surface area contributed by atoms with E-state index in [1.54, 1.807) is 11.9 Å². The number of carboxylic acids is 1. The van der Waals surface area contributed by atoms with Crippen LogP contribution < -0.4 is 0 Å². The van der Waals surface area contributed by atoms with Crippen molar-refractivity contribution in [3.63, 3.8) is 0 Å². The fourth-order valence-electron chi connectivity index (χ4n) is 1.34. The molecule has 1 N–H and O–H groups in total. The molecule has 0 unspecified atom stereocenters. The van der Waals surface area contributed by atoms with Crippen LogP contribution >= 0.6 is 0 Å². The van der Waals surface area contributed by atoms with Gasteiger partial charge in [0.1, 0.15) is 5.69 Å². The van der Waals surface area contributed by atoms with E-state index in [2.05, 4.69) is 4.98 Å². The van der Waals surface area contributed by atoms with Gasteiger partial charge in [0.25, 0.3) is 5.91 Å². The maximum absolute atomic E-state index is 11.8. The minimum absolute atomic E-state index is 0.115. The molecule has 1 heterocycles. The van der Waals surface area contributed by atoms with Crippen molar-refractivity contribution >= 4 is 11.9 Å². The Morgan fingerprint density at radius 3 is 2.75 bits per heavy atom. The lowest BCUT2D eigenvalue weighted by Gasteiger charge is -2.15. The molecular formula is C11H14N2O3. The second-order valence-electron chi connectivity index (χ2n) is 3.46. The Kier molecular flexibility index (Phi) is 3.99. The quantitative estimate of drug-likeness (QED) is 0.832. The molecule has 0 bridgehead atoms. The fraction of sp³-hybridized carbons (Fsp3) is 0.364. The van der Waals surface area contributed by atoms with E-state index in [0.717, 1.165) is 6.42 Å². The van der Waals surface area contributed by atoms with Crippen LogP contribution in [0.3, 0.4) is 0 Å². The van der Waals surface area contributed by atoms with E-state index >= 15 is 0 Å². The smallest absolute Gasteiger partial charge is 0.354 e. The zero-order valence-corrected chi connectivity index (χ0v) is 9.30. The number of nitrogens with zero attached hydrogens (tertiary/aromatic N) is 2. The predicted molar refractivity (Wildman–Crippen MR) is 58.4 cm³/mol. The number of aromatic nitrogens is 1. The van der Waals surface area contributed by atoms with Gasteiger partial charge in [0, 0.05) is 25.4 Å². The van der Waals surface area contributed by atoms with Crippen molar-refractivity contribution in [2.24, 2.45) is 0 Å². The molecule has 0 spiro atoms. The van der Waals surface area contributed by atoms with E-state index in [4.69, 9.17) is 5.11 Å². The summed E-state index contributed by atoms with van der Waals surface area (Å²) in [6.07, 6.45) is 2.19. The fourth-order valence-corrected chi connectivity index (χ4v) is 1.34. The summed E-state index contributed by atoms with van der Waals surface area (Å²) in [5.74, 6) is -1.32. The van der Waals surface area contributed by atoms with Crippen LogP contribution in [-0.2, 0) is 0 Å². The van der Waals surface area contributed by atoms with Crippen LogP contribution in [0.5, 0.6) is 0 Å². The van der Waals surface area contributed by atoms with Gasteiger partial charge in [0.2, 0.25) is 0 Å². The number of carbonyl (C=O) groups is 2. The molecule has 5 nitrogen and oxygen atoms in total. The highest BCUT2D eigenvalue weighted by atomic mass is 16.4. The molecule has 5 heteroatoms. The number of carbonyl (C=O) groups excluding carboxylic acids is 1. The Labute approximate surface area is 93.7 Å². The standard InChI is InChI=1S/C11H14N2O3/c1-3-6-13(2)10(14)8-4-5-12-9(7-8)11(15)16/h4-5,7H,3,6H2,1-2H3,(H,15,16). The van der Waals surface area contributed by atoms with Gasteiger partial charge in [-0.3, -0.25) is 4.79 Å². The third kappa shape index (κ3) is 2.79.